The lowest BCUT2D eigenvalue weighted by Crippen LogP contribution is -2.52. The van der Waals surface area contributed by atoms with E-state index in [1.165, 1.54) is 44.5 Å². The Labute approximate surface area is 193 Å². The molecule has 0 saturated heterocycles. The van der Waals surface area contributed by atoms with Crippen molar-refractivity contribution in [3.8, 4) is 0 Å². The second-order valence-corrected chi connectivity index (χ2v) is 9.70. The van der Waals surface area contributed by atoms with Gasteiger partial charge in [0, 0.05) is 13.1 Å². The largest absolute Gasteiger partial charge is 0.336 e. The Morgan fingerprint density at radius 3 is 1.31 bits per heavy atom. The van der Waals surface area contributed by atoms with E-state index in [9.17, 15) is 9.59 Å². The summed E-state index contributed by atoms with van der Waals surface area (Å²) in [5.41, 5.74) is 9.84. The van der Waals surface area contributed by atoms with E-state index in [1.807, 2.05) is 9.80 Å². The number of benzene rings is 2. The first-order valence-corrected chi connectivity index (χ1v) is 11.8. The first kappa shape index (κ1) is 24.0. The summed E-state index contributed by atoms with van der Waals surface area (Å²) in [6.07, 6.45) is 6.02. The smallest absolute Gasteiger partial charge is 0.210 e. The predicted octanol–water partition coefficient (Wildman–Crippen LogP) is 5.47. The molecule has 0 spiro atoms. The third-order valence-corrected chi connectivity index (χ3v) is 7.43. The molecule has 0 aromatic heterocycles. The Bertz CT molecular complexity index is 902. The van der Waals surface area contributed by atoms with Gasteiger partial charge in [-0.15, -0.1) is 0 Å². The number of carbonyl (C=O) groups is 2. The highest BCUT2D eigenvalue weighted by Crippen LogP contribution is 2.30. The Hall–Kier alpha value is -2.62. The zero-order valence-electron chi connectivity index (χ0n) is 20.6. The zero-order valence-corrected chi connectivity index (χ0v) is 20.6. The molecule has 2 aromatic rings. The van der Waals surface area contributed by atoms with Gasteiger partial charge in [0.15, 0.2) is 0 Å². The van der Waals surface area contributed by atoms with Crippen LogP contribution in [-0.4, -0.2) is 34.7 Å². The number of amides is 2. The molecule has 0 heterocycles. The van der Waals surface area contributed by atoms with Crippen molar-refractivity contribution >= 4 is 12.8 Å². The van der Waals surface area contributed by atoms with Crippen molar-refractivity contribution < 1.29 is 9.59 Å². The molecule has 2 atom stereocenters. The third kappa shape index (κ3) is 5.23. The lowest BCUT2D eigenvalue weighted by Gasteiger charge is -2.43. The van der Waals surface area contributed by atoms with Gasteiger partial charge >= 0.3 is 0 Å². The molecule has 1 saturated carbocycles. The van der Waals surface area contributed by atoms with E-state index in [1.54, 1.807) is 0 Å². The summed E-state index contributed by atoms with van der Waals surface area (Å²) in [5.74, 6) is 0. The number of aryl methyl sites for hydroxylation is 6. The number of nitrogens with zero attached hydrogens (tertiary/aromatic N) is 2. The Balaban J connectivity index is 1.85. The van der Waals surface area contributed by atoms with E-state index in [0.29, 0.717) is 13.1 Å². The van der Waals surface area contributed by atoms with Gasteiger partial charge in [-0.1, -0.05) is 37.1 Å². The van der Waals surface area contributed by atoms with Crippen LogP contribution in [0, 0.1) is 41.5 Å². The minimum Gasteiger partial charge on any atom is -0.336 e. The number of carbonyl (C=O) groups excluding carboxylic acids is 2. The van der Waals surface area contributed by atoms with Gasteiger partial charge in [-0.3, -0.25) is 9.59 Å². The summed E-state index contributed by atoms with van der Waals surface area (Å²) < 4.78 is 0. The van der Waals surface area contributed by atoms with E-state index < -0.39 is 0 Å². The van der Waals surface area contributed by atoms with Gasteiger partial charge in [0.2, 0.25) is 12.8 Å². The minimum absolute atomic E-state index is 0.0410. The van der Waals surface area contributed by atoms with Gasteiger partial charge < -0.3 is 9.80 Å². The van der Waals surface area contributed by atoms with E-state index in [0.717, 1.165) is 38.5 Å². The van der Waals surface area contributed by atoms with Gasteiger partial charge in [0.25, 0.3) is 0 Å². The van der Waals surface area contributed by atoms with E-state index in [2.05, 4.69) is 65.8 Å². The monoisotopic (exact) mass is 434 g/mol. The van der Waals surface area contributed by atoms with Gasteiger partial charge in [0.1, 0.15) is 0 Å². The van der Waals surface area contributed by atoms with Crippen molar-refractivity contribution in [2.75, 3.05) is 0 Å². The minimum atomic E-state index is 0.0410. The maximum absolute atomic E-state index is 12.2. The van der Waals surface area contributed by atoms with Crippen LogP contribution in [-0.2, 0) is 22.7 Å². The number of hydrogen-bond donors (Lipinski definition) is 0. The highest BCUT2D eigenvalue weighted by atomic mass is 16.1. The highest BCUT2D eigenvalue weighted by Gasteiger charge is 2.34. The molecule has 172 valence electrons. The molecular weight excluding hydrogens is 396 g/mol. The normalized spacial score (nSPS) is 18.3. The fraction of sp³-hybridized carbons (Fsp3) is 0.500. The lowest BCUT2D eigenvalue weighted by molar-refractivity contribution is -0.129. The molecule has 0 unspecified atom stereocenters. The van der Waals surface area contributed by atoms with Crippen LogP contribution < -0.4 is 0 Å². The molecule has 4 nitrogen and oxygen atoms in total. The van der Waals surface area contributed by atoms with Gasteiger partial charge in [0.05, 0.1) is 12.1 Å². The molecule has 0 aliphatic heterocycles. The van der Waals surface area contributed by atoms with Crippen molar-refractivity contribution in [1.29, 1.82) is 0 Å². The van der Waals surface area contributed by atoms with Crippen molar-refractivity contribution in [2.24, 2.45) is 0 Å². The third-order valence-electron chi connectivity index (χ3n) is 7.43. The molecule has 3 rings (SSSR count). The zero-order chi connectivity index (χ0) is 23.4. The summed E-state index contributed by atoms with van der Waals surface area (Å²) >= 11 is 0. The van der Waals surface area contributed by atoms with Crippen molar-refractivity contribution in [3.63, 3.8) is 0 Å². The van der Waals surface area contributed by atoms with Crippen molar-refractivity contribution in [2.45, 2.75) is 92.4 Å². The van der Waals surface area contributed by atoms with Gasteiger partial charge in [-0.2, -0.15) is 0 Å². The molecule has 1 aliphatic rings. The SMILES string of the molecule is Cc1cc(C)c(CN(C=O)[C@@H]2CCCC[C@H]2N(C=O)Cc2cc(C)c(C)cc2C)cc1C. The highest BCUT2D eigenvalue weighted by molar-refractivity contribution is 5.52. The molecule has 0 N–H and O–H groups in total. The molecule has 4 heteroatoms. The molecule has 2 aromatic carbocycles. The maximum atomic E-state index is 12.2. The first-order valence-electron chi connectivity index (χ1n) is 11.8. The maximum Gasteiger partial charge on any atom is 0.210 e. The number of rotatable bonds is 8. The van der Waals surface area contributed by atoms with Crippen LogP contribution in [0.5, 0.6) is 0 Å². The van der Waals surface area contributed by atoms with Gasteiger partial charge in [-0.05, 0) is 98.9 Å². The number of hydrogen-bond acceptors (Lipinski definition) is 2. The quantitative estimate of drug-likeness (QED) is 0.517. The summed E-state index contributed by atoms with van der Waals surface area (Å²) in [4.78, 5) is 28.4. The Kier molecular flexibility index (Phi) is 7.76. The van der Waals surface area contributed by atoms with Gasteiger partial charge in [-0.25, -0.2) is 0 Å². The van der Waals surface area contributed by atoms with Crippen LogP contribution >= 0.6 is 0 Å². The van der Waals surface area contributed by atoms with Crippen LogP contribution in [0.15, 0.2) is 24.3 Å². The molecule has 0 bridgehead atoms. The standard InChI is InChI=1S/C28H38N2O2/c1-19-11-23(5)25(13-21(19)3)15-29(17-31)27-9-7-8-10-28(27)30(18-32)16-26-14-22(4)20(2)12-24(26)6/h11-14,17-18,27-28H,7-10,15-16H2,1-6H3/t27-,28-/m1/s1. The summed E-state index contributed by atoms with van der Waals surface area (Å²) in [7, 11) is 0. The Morgan fingerprint density at radius 1 is 0.625 bits per heavy atom. The molecule has 2 amide bonds. The fourth-order valence-corrected chi connectivity index (χ4v) is 5.11. The van der Waals surface area contributed by atoms with Crippen LogP contribution in [0.3, 0.4) is 0 Å². The molecule has 1 fully saturated rings. The molecule has 0 radical (unpaired) electrons. The average Bonchev–Trinajstić information content (AvgIpc) is 2.77. The average molecular weight is 435 g/mol. The van der Waals surface area contributed by atoms with Crippen molar-refractivity contribution in [1.82, 2.24) is 9.80 Å². The summed E-state index contributed by atoms with van der Waals surface area (Å²) in [6.45, 7) is 13.9. The van der Waals surface area contributed by atoms with Crippen LogP contribution in [0.1, 0.15) is 70.2 Å². The van der Waals surface area contributed by atoms with Crippen LogP contribution in [0.2, 0.25) is 0 Å². The first-order chi connectivity index (χ1) is 15.2. The second-order valence-electron chi connectivity index (χ2n) is 9.70. The fourth-order valence-electron chi connectivity index (χ4n) is 5.11. The molecule has 1 aliphatic carbocycles. The topological polar surface area (TPSA) is 40.6 Å². The summed E-state index contributed by atoms with van der Waals surface area (Å²) in [6, 6.07) is 8.89. The Morgan fingerprint density at radius 2 is 0.969 bits per heavy atom. The second kappa shape index (κ2) is 10.3. The van der Waals surface area contributed by atoms with Crippen LogP contribution in [0.25, 0.3) is 0 Å². The lowest BCUT2D eigenvalue weighted by atomic mass is 9.87. The van der Waals surface area contributed by atoms with Crippen LogP contribution in [0.4, 0.5) is 0 Å². The van der Waals surface area contributed by atoms with E-state index in [4.69, 9.17) is 0 Å². The van der Waals surface area contributed by atoms with E-state index >= 15 is 0 Å². The van der Waals surface area contributed by atoms with Crippen molar-refractivity contribution in [3.05, 3.63) is 68.8 Å². The molecule has 32 heavy (non-hydrogen) atoms. The van der Waals surface area contributed by atoms with E-state index in [-0.39, 0.29) is 12.1 Å². The summed E-state index contributed by atoms with van der Waals surface area (Å²) in [5, 5.41) is 0. The molecular formula is C28H38N2O2. The predicted molar refractivity (Wildman–Crippen MR) is 131 cm³/mol.